The Labute approximate surface area is 508 Å². The van der Waals surface area contributed by atoms with E-state index in [1.54, 1.807) is 68.4 Å². The van der Waals surface area contributed by atoms with Crippen LogP contribution in [0, 0.1) is 5.92 Å². The number of aliphatic hydroxyl groups is 2. The Morgan fingerprint density at radius 1 is 0.506 bits per heavy atom. The molecule has 0 fully saturated rings. The van der Waals surface area contributed by atoms with E-state index >= 15 is 0 Å². The topological polar surface area (TPSA) is 518 Å². The molecule has 0 bridgehead atoms. The summed E-state index contributed by atoms with van der Waals surface area (Å²) in [5.41, 5.74) is 36.1. The van der Waals surface area contributed by atoms with Gasteiger partial charge in [0.2, 0.25) is 59.1 Å². The SMILES string of the molecule is CC(C)C[C@H](NC(=O)[C@@H](Cc1ccccc1)NC(=O)[C@H](CCN)NC(=O)[C@H](C)NC(=O)[C@H](CN)NC(=O)[C@H](CO)NC(=O)[C@H](CCN)NC(=O)c1ccnc(-c2cccc(Cl)c2)c1)C(=O)N[C@@H](CCN)C(=O)N[C@@H](CCN)C(=O)N[C@H](C(N)=O)[C@@H](C)O. The van der Waals surface area contributed by atoms with Gasteiger partial charge >= 0.3 is 0 Å². The van der Waals surface area contributed by atoms with Crippen LogP contribution in [0.15, 0.2) is 72.9 Å². The van der Waals surface area contributed by atoms with Crippen LogP contribution in [0.4, 0.5) is 0 Å². The summed E-state index contributed by atoms with van der Waals surface area (Å²) in [7, 11) is 0. The fourth-order valence-electron chi connectivity index (χ4n) is 8.54. The third kappa shape index (κ3) is 24.2. The molecule has 87 heavy (non-hydrogen) atoms. The molecule has 11 amide bonds. The second-order valence-electron chi connectivity index (χ2n) is 20.8. The molecule has 0 unspecified atom stereocenters. The maximum atomic E-state index is 14.3. The van der Waals surface area contributed by atoms with Crippen molar-refractivity contribution in [2.75, 3.05) is 39.3 Å². The highest BCUT2D eigenvalue weighted by molar-refractivity contribution is 6.30. The van der Waals surface area contributed by atoms with E-state index in [2.05, 4.69) is 58.2 Å². The van der Waals surface area contributed by atoms with Gasteiger partial charge in [-0.3, -0.25) is 57.7 Å². The lowest BCUT2D eigenvalue weighted by Crippen LogP contribution is -2.61. The number of benzene rings is 2. The van der Waals surface area contributed by atoms with Crippen molar-refractivity contribution in [2.45, 2.75) is 133 Å². The number of aromatic nitrogens is 1. The molecule has 0 saturated carbocycles. The first-order chi connectivity index (χ1) is 41.3. The van der Waals surface area contributed by atoms with E-state index in [0.29, 0.717) is 21.8 Å². The number of halogens is 1. The summed E-state index contributed by atoms with van der Waals surface area (Å²) in [4.78, 5) is 153. The summed E-state index contributed by atoms with van der Waals surface area (Å²) in [5, 5.41) is 45.4. The van der Waals surface area contributed by atoms with Crippen LogP contribution in [0.3, 0.4) is 0 Å². The highest BCUT2D eigenvalue weighted by Gasteiger charge is 2.36. The van der Waals surface area contributed by atoms with Gasteiger partial charge in [-0.2, -0.15) is 0 Å². The van der Waals surface area contributed by atoms with E-state index in [4.69, 9.17) is 46.0 Å². The van der Waals surface area contributed by atoms with E-state index in [-0.39, 0.29) is 76.2 Å². The van der Waals surface area contributed by atoms with Crippen molar-refractivity contribution in [3.63, 3.8) is 0 Å². The van der Waals surface area contributed by atoms with Gasteiger partial charge in [0.1, 0.15) is 60.4 Å². The molecule has 0 saturated heterocycles. The van der Waals surface area contributed by atoms with Crippen LogP contribution in [0.1, 0.15) is 75.7 Å². The molecule has 0 aliphatic rings. The Bertz CT molecular complexity index is 2820. The van der Waals surface area contributed by atoms with Crippen molar-refractivity contribution in [2.24, 2.45) is 40.3 Å². The minimum atomic E-state index is -1.67. The molecule has 0 spiro atoms. The number of amides is 11. The highest BCUT2D eigenvalue weighted by Crippen LogP contribution is 2.22. The van der Waals surface area contributed by atoms with Crippen LogP contribution in [-0.4, -0.2) is 186 Å². The molecular formula is C56H84ClN17O13. The van der Waals surface area contributed by atoms with Gasteiger partial charge < -0.3 is 97.8 Å². The fourth-order valence-corrected chi connectivity index (χ4v) is 8.73. The second kappa shape index (κ2) is 37.4. The van der Waals surface area contributed by atoms with E-state index in [1.807, 2.05) is 0 Å². The molecule has 2 aromatic carbocycles. The molecule has 1 heterocycles. The minimum Gasteiger partial charge on any atom is -0.394 e. The summed E-state index contributed by atoms with van der Waals surface area (Å²) < 4.78 is 0. The average molecular weight is 1240 g/mol. The predicted molar refractivity (Wildman–Crippen MR) is 320 cm³/mol. The number of hydrogen-bond donors (Lipinski definition) is 18. The molecule has 478 valence electrons. The van der Waals surface area contributed by atoms with E-state index in [1.165, 1.54) is 32.2 Å². The Morgan fingerprint density at radius 2 is 0.954 bits per heavy atom. The van der Waals surface area contributed by atoms with Crippen molar-refractivity contribution >= 4 is 76.6 Å². The Hall–Kier alpha value is -8.23. The highest BCUT2D eigenvalue weighted by atomic mass is 35.5. The standard InChI is InChI=1S/C56H84ClN17O13/c1-29(2)23-41(53(84)69-38(15-20-60)49(80)68-39(16-21-61)52(83)74-45(31(4)76)46(63)77)70-54(85)42(24-32-9-6-5-7-10-32)71-50(81)36(13-18-58)66-47(78)30(3)65-55(86)43(27-62)72-56(87)44(28-75)73-51(82)37(14-19-59)67-48(79)34-17-22-64-40(26-34)33-11-8-12-35(57)25-33/h5-12,17,22,25-26,29-31,36-39,41-45,75-76H,13-16,18-21,23-24,27-28,58-62H2,1-4H3,(H2,63,77)(H,65,86)(H,66,78)(H,67,79)(H,68,80)(H,69,84)(H,70,85)(H,71,81)(H,72,87)(H,73,82)(H,74,83)/t30-,31+,36-,37-,38-,39-,41-,42+,43-,44-,45-/m0/s1. The first-order valence-corrected chi connectivity index (χ1v) is 28.6. The molecule has 31 heteroatoms. The number of nitrogens with two attached hydrogens (primary N) is 6. The van der Waals surface area contributed by atoms with Crippen LogP contribution in [0.2, 0.25) is 5.02 Å². The largest absolute Gasteiger partial charge is 0.394 e. The molecule has 30 nitrogen and oxygen atoms in total. The van der Waals surface area contributed by atoms with Crippen molar-refractivity contribution < 1.29 is 63.0 Å². The minimum absolute atomic E-state index is 0.0221. The fraction of sp³-hybridized carbons (Fsp3) is 0.500. The van der Waals surface area contributed by atoms with Crippen molar-refractivity contribution in [1.82, 2.24) is 58.2 Å². The summed E-state index contributed by atoms with van der Waals surface area (Å²) in [6.07, 6.45) is -0.620. The predicted octanol–water partition coefficient (Wildman–Crippen LogP) is -5.62. The van der Waals surface area contributed by atoms with Gasteiger partial charge in [-0.05, 0) is 108 Å². The zero-order chi connectivity index (χ0) is 64.9. The molecule has 11 atom stereocenters. The molecule has 1 aromatic heterocycles. The molecule has 0 aliphatic carbocycles. The zero-order valence-electron chi connectivity index (χ0n) is 49.0. The first kappa shape index (κ1) is 73.0. The van der Waals surface area contributed by atoms with Crippen molar-refractivity contribution in [1.29, 1.82) is 0 Å². The number of nitrogens with zero attached hydrogens (tertiary/aromatic N) is 1. The van der Waals surface area contributed by atoms with Crippen molar-refractivity contribution in [3.05, 3.63) is 89.1 Å². The molecular weight excluding hydrogens is 1150 g/mol. The number of rotatable bonds is 37. The van der Waals surface area contributed by atoms with Gasteiger partial charge in [0.05, 0.1) is 18.4 Å². The quantitative estimate of drug-likeness (QED) is 0.0256. The molecule has 0 radical (unpaired) electrons. The van der Waals surface area contributed by atoms with Crippen LogP contribution < -0.4 is 87.6 Å². The summed E-state index contributed by atoms with van der Waals surface area (Å²) >= 11 is 6.13. The summed E-state index contributed by atoms with van der Waals surface area (Å²) in [5.74, 6) is -10.2. The number of nitrogens with one attached hydrogen (secondary N) is 10. The van der Waals surface area contributed by atoms with Gasteiger partial charge in [0.15, 0.2) is 0 Å². The normalized spacial score (nSPS) is 14.9. The van der Waals surface area contributed by atoms with Gasteiger partial charge in [-0.1, -0.05) is 67.9 Å². The Balaban J connectivity index is 1.73. The second-order valence-corrected chi connectivity index (χ2v) is 21.2. The lowest BCUT2D eigenvalue weighted by atomic mass is 10.00. The molecule has 24 N–H and O–H groups in total. The van der Waals surface area contributed by atoms with E-state index < -0.39 is 145 Å². The zero-order valence-corrected chi connectivity index (χ0v) is 49.8. The van der Waals surface area contributed by atoms with Gasteiger partial charge in [-0.15, -0.1) is 0 Å². The third-order valence-corrected chi connectivity index (χ3v) is 13.5. The molecule has 3 aromatic rings. The Kier molecular flexibility index (Phi) is 31.4. The average Bonchev–Trinajstić information content (AvgIpc) is 3.54. The number of aliphatic hydroxyl groups excluding tert-OH is 2. The molecule has 3 rings (SSSR count). The number of carbonyl (C=O) groups is 11. The lowest BCUT2D eigenvalue weighted by molar-refractivity contribution is -0.136. The molecule has 0 aliphatic heterocycles. The van der Waals surface area contributed by atoms with Crippen LogP contribution >= 0.6 is 11.6 Å². The van der Waals surface area contributed by atoms with Gasteiger partial charge in [-0.25, -0.2) is 0 Å². The number of primary amides is 1. The number of carbonyl (C=O) groups excluding carboxylic acids is 11. The maximum Gasteiger partial charge on any atom is 0.252 e. The summed E-state index contributed by atoms with van der Waals surface area (Å²) in [6.45, 7) is 4.06. The monoisotopic (exact) mass is 1240 g/mol. The lowest BCUT2D eigenvalue weighted by Gasteiger charge is -2.28. The van der Waals surface area contributed by atoms with Gasteiger partial charge in [0.25, 0.3) is 5.91 Å². The van der Waals surface area contributed by atoms with Crippen LogP contribution in [-0.2, 0) is 54.4 Å². The number of hydrogen-bond acceptors (Lipinski definition) is 19. The smallest absolute Gasteiger partial charge is 0.252 e. The van der Waals surface area contributed by atoms with Crippen LogP contribution in [0.25, 0.3) is 11.3 Å². The van der Waals surface area contributed by atoms with Crippen molar-refractivity contribution in [3.8, 4) is 11.3 Å². The maximum absolute atomic E-state index is 14.3. The third-order valence-electron chi connectivity index (χ3n) is 13.3. The Morgan fingerprint density at radius 3 is 1.45 bits per heavy atom. The summed E-state index contributed by atoms with van der Waals surface area (Å²) in [6, 6.07) is 3.89. The number of pyridine rings is 1. The van der Waals surface area contributed by atoms with E-state index in [0.717, 1.165) is 0 Å². The van der Waals surface area contributed by atoms with Gasteiger partial charge in [0, 0.05) is 35.3 Å². The van der Waals surface area contributed by atoms with Crippen LogP contribution in [0.5, 0.6) is 0 Å². The van der Waals surface area contributed by atoms with E-state index in [9.17, 15) is 63.0 Å². The first-order valence-electron chi connectivity index (χ1n) is 28.2.